The Morgan fingerprint density at radius 3 is 2.69 bits per heavy atom. The monoisotopic (exact) mass is 474 g/mol. The number of halogens is 1. The highest BCUT2D eigenvalue weighted by Gasteiger charge is 2.33. The number of hydrogen-bond acceptors (Lipinski definition) is 3. The Labute approximate surface area is 173 Å². The van der Waals surface area contributed by atoms with Gasteiger partial charge in [0.25, 0.3) is 0 Å². The molecule has 2 rings (SSSR count). The second kappa shape index (κ2) is 10.6. The minimum atomic E-state index is -0.262. The second-order valence-electron chi connectivity index (χ2n) is 6.85. The van der Waals surface area contributed by atoms with Gasteiger partial charge in [-0.1, -0.05) is 25.1 Å². The van der Waals surface area contributed by atoms with Gasteiger partial charge in [-0.05, 0) is 33.3 Å². The Kier molecular flexibility index (Phi) is 9.18. The number of fused-ring (bicyclic) bond motifs is 1. The van der Waals surface area contributed by atoms with Crippen molar-refractivity contribution in [1.82, 2.24) is 16.0 Å². The number of ether oxygens (including phenoxy) is 1. The number of rotatable bonds is 6. The first-order valence-electron chi connectivity index (χ1n) is 9.04. The fourth-order valence-corrected chi connectivity index (χ4v) is 2.89. The van der Waals surface area contributed by atoms with Crippen LogP contribution in [-0.2, 0) is 4.79 Å². The number of nitrogens with one attached hydrogen (secondary N) is 3. The van der Waals surface area contributed by atoms with Crippen molar-refractivity contribution in [2.24, 2.45) is 4.99 Å². The van der Waals surface area contributed by atoms with Crippen LogP contribution in [0.3, 0.4) is 0 Å². The molecule has 0 bridgehead atoms. The summed E-state index contributed by atoms with van der Waals surface area (Å²) < 4.78 is 6.07. The lowest BCUT2D eigenvalue weighted by Crippen LogP contribution is -2.45. The molecule has 7 heteroatoms. The van der Waals surface area contributed by atoms with Crippen molar-refractivity contribution in [3.05, 3.63) is 29.8 Å². The largest absolute Gasteiger partial charge is 0.487 e. The molecule has 1 aliphatic heterocycles. The van der Waals surface area contributed by atoms with E-state index in [1.54, 1.807) is 0 Å². The van der Waals surface area contributed by atoms with Gasteiger partial charge in [-0.15, -0.1) is 24.0 Å². The fourth-order valence-electron chi connectivity index (χ4n) is 2.89. The highest BCUT2D eigenvalue weighted by molar-refractivity contribution is 14.0. The number of guanidine groups is 1. The quantitative estimate of drug-likeness (QED) is 0.337. The molecule has 0 aromatic heterocycles. The van der Waals surface area contributed by atoms with Crippen molar-refractivity contribution in [2.75, 3.05) is 19.6 Å². The zero-order valence-corrected chi connectivity index (χ0v) is 18.4. The summed E-state index contributed by atoms with van der Waals surface area (Å²) in [5, 5.41) is 9.52. The van der Waals surface area contributed by atoms with Crippen molar-refractivity contribution >= 4 is 35.8 Å². The normalized spacial score (nSPS) is 18.0. The molecular weight excluding hydrogens is 443 g/mol. The average molecular weight is 474 g/mol. The van der Waals surface area contributed by atoms with Crippen LogP contribution >= 0.6 is 24.0 Å². The highest BCUT2D eigenvalue weighted by Crippen LogP contribution is 2.39. The molecule has 6 nitrogen and oxygen atoms in total. The summed E-state index contributed by atoms with van der Waals surface area (Å²) in [7, 11) is 0. The molecule has 1 amide bonds. The summed E-state index contributed by atoms with van der Waals surface area (Å²) in [6, 6.07) is 8.13. The molecule has 1 unspecified atom stereocenters. The van der Waals surface area contributed by atoms with Crippen LogP contribution in [-0.4, -0.2) is 37.1 Å². The van der Waals surface area contributed by atoms with Crippen LogP contribution in [0.5, 0.6) is 5.75 Å². The standard InChI is InChI=1S/C19H30N4O2.HI/c1-5-11-21-17(24)13-22-18(20-6-2)23-15-12-19(3,4)25-16-10-8-7-9-14(15)16;/h7-10,15H,5-6,11-13H2,1-4H3,(H,21,24)(H2,20,22,23);1H. The maximum absolute atomic E-state index is 11.8. The SMILES string of the molecule is CCCNC(=O)CN=C(NCC)NC1CC(C)(C)Oc2ccccc21.I. The number of nitrogens with zero attached hydrogens (tertiary/aromatic N) is 1. The van der Waals surface area contributed by atoms with Gasteiger partial charge in [-0.25, -0.2) is 4.99 Å². The number of amides is 1. The lowest BCUT2D eigenvalue weighted by Gasteiger charge is -2.38. The zero-order chi connectivity index (χ0) is 18.3. The fraction of sp³-hybridized carbons (Fsp3) is 0.579. The molecule has 1 aromatic carbocycles. The second-order valence-corrected chi connectivity index (χ2v) is 6.85. The lowest BCUT2D eigenvalue weighted by molar-refractivity contribution is -0.119. The third-order valence-corrected chi connectivity index (χ3v) is 3.98. The van der Waals surface area contributed by atoms with E-state index in [1.807, 2.05) is 32.0 Å². The molecule has 0 radical (unpaired) electrons. The van der Waals surface area contributed by atoms with E-state index < -0.39 is 0 Å². The molecule has 0 spiro atoms. The molecule has 3 N–H and O–H groups in total. The molecular formula is C19H31IN4O2. The Bertz CT molecular complexity index is 619. The lowest BCUT2D eigenvalue weighted by atomic mass is 9.90. The van der Waals surface area contributed by atoms with E-state index in [9.17, 15) is 4.79 Å². The summed E-state index contributed by atoms with van der Waals surface area (Å²) >= 11 is 0. The minimum Gasteiger partial charge on any atom is -0.487 e. The van der Waals surface area contributed by atoms with Crippen molar-refractivity contribution in [1.29, 1.82) is 0 Å². The van der Waals surface area contributed by atoms with Gasteiger partial charge in [-0.3, -0.25) is 4.79 Å². The molecule has 0 saturated heterocycles. The number of hydrogen-bond donors (Lipinski definition) is 3. The molecule has 26 heavy (non-hydrogen) atoms. The molecule has 1 heterocycles. The summed E-state index contributed by atoms with van der Waals surface area (Å²) in [4.78, 5) is 16.2. The zero-order valence-electron chi connectivity index (χ0n) is 16.1. The van der Waals surface area contributed by atoms with Gasteiger partial charge in [-0.2, -0.15) is 0 Å². The van der Waals surface area contributed by atoms with Gasteiger partial charge in [0.2, 0.25) is 5.91 Å². The Morgan fingerprint density at radius 1 is 1.27 bits per heavy atom. The predicted molar refractivity (Wildman–Crippen MR) is 116 cm³/mol. The smallest absolute Gasteiger partial charge is 0.241 e. The van der Waals surface area contributed by atoms with E-state index in [0.717, 1.165) is 30.7 Å². The summed E-state index contributed by atoms with van der Waals surface area (Å²) in [5.74, 6) is 1.48. The average Bonchev–Trinajstić information content (AvgIpc) is 2.57. The van der Waals surface area contributed by atoms with Gasteiger partial charge in [0, 0.05) is 25.1 Å². The molecule has 0 aliphatic carbocycles. The maximum Gasteiger partial charge on any atom is 0.241 e. The van der Waals surface area contributed by atoms with Crippen LogP contribution in [0.1, 0.15) is 52.1 Å². The van der Waals surface area contributed by atoms with E-state index in [1.165, 1.54) is 0 Å². The Morgan fingerprint density at radius 2 is 2.00 bits per heavy atom. The molecule has 0 saturated carbocycles. The van der Waals surface area contributed by atoms with Gasteiger partial charge in [0.15, 0.2) is 5.96 Å². The third kappa shape index (κ3) is 6.66. The third-order valence-electron chi connectivity index (χ3n) is 3.98. The number of benzene rings is 1. The van der Waals surface area contributed by atoms with E-state index in [-0.39, 0.29) is 48.1 Å². The van der Waals surface area contributed by atoms with E-state index in [2.05, 4.69) is 40.9 Å². The van der Waals surface area contributed by atoms with Crippen LogP contribution in [0.15, 0.2) is 29.3 Å². The van der Waals surface area contributed by atoms with Crippen LogP contribution in [0.25, 0.3) is 0 Å². The van der Waals surface area contributed by atoms with E-state index in [4.69, 9.17) is 4.74 Å². The first-order valence-corrected chi connectivity index (χ1v) is 9.04. The van der Waals surface area contributed by atoms with Gasteiger partial charge >= 0.3 is 0 Å². The maximum atomic E-state index is 11.8. The molecule has 1 aliphatic rings. The van der Waals surface area contributed by atoms with Gasteiger partial charge < -0.3 is 20.7 Å². The van der Waals surface area contributed by atoms with Gasteiger partial charge in [0.1, 0.15) is 17.9 Å². The Hall–Kier alpha value is -1.51. The highest BCUT2D eigenvalue weighted by atomic mass is 127. The van der Waals surface area contributed by atoms with Gasteiger partial charge in [0.05, 0.1) is 6.04 Å². The number of carbonyl (C=O) groups is 1. The first kappa shape index (κ1) is 22.5. The van der Waals surface area contributed by atoms with Crippen LogP contribution in [0.4, 0.5) is 0 Å². The van der Waals surface area contributed by atoms with Crippen molar-refractivity contribution < 1.29 is 9.53 Å². The number of para-hydroxylation sites is 1. The van der Waals surface area contributed by atoms with E-state index >= 15 is 0 Å². The summed E-state index contributed by atoms with van der Waals surface area (Å²) in [6.07, 6.45) is 1.73. The minimum absolute atomic E-state index is 0. The Balaban J connectivity index is 0.00000338. The number of carbonyl (C=O) groups excluding carboxylic acids is 1. The molecule has 0 fully saturated rings. The predicted octanol–water partition coefficient (Wildman–Crippen LogP) is 2.99. The molecule has 1 atom stereocenters. The van der Waals surface area contributed by atoms with E-state index in [0.29, 0.717) is 12.5 Å². The first-order chi connectivity index (χ1) is 11.9. The molecule has 146 valence electrons. The van der Waals surface area contributed by atoms with Crippen molar-refractivity contribution in [2.45, 2.75) is 52.2 Å². The summed E-state index contributed by atoms with van der Waals surface area (Å²) in [6.45, 7) is 9.73. The van der Waals surface area contributed by atoms with Crippen LogP contribution < -0.4 is 20.7 Å². The van der Waals surface area contributed by atoms with Crippen LogP contribution in [0, 0.1) is 0 Å². The summed E-state index contributed by atoms with van der Waals surface area (Å²) in [5.41, 5.74) is 0.852. The topological polar surface area (TPSA) is 74.8 Å². The molecule has 1 aromatic rings. The van der Waals surface area contributed by atoms with Crippen LogP contribution in [0.2, 0.25) is 0 Å². The number of aliphatic imine (C=N–C) groups is 1. The van der Waals surface area contributed by atoms with Crippen molar-refractivity contribution in [3.63, 3.8) is 0 Å². The van der Waals surface area contributed by atoms with Crippen molar-refractivity contribution in [3.8, 4) is 5.75 Å².